The normalized spacial score (nSPS) is 17.7. The topological polar surface area (TPSA) is 38.4 Å². The summed E-state index contributed by atoms with van der Waals surface area (Å²) in [5.74, 6) is 0.709. The summed E-state index contributed by atoms with van der Waals surface area (Å²) in [5.41, 5.74) is 8.64. The smallest absolute Gasteiger partial charge is 0.127 e. The molecular weight excluding hydrogens is 316 g/mol. The van der Waals surface area contributed by atoms with E-state index in [1.165, 1.54) is 20.5 Å². The first-order chi connectivity index (χ1) is 9.45. The molecule has 0 saturated heterocycles. The van der Waals surface area contributed by atoms with Gasteiger partial charge in [-0.1, -0.05) is 50.0 Å². The number of fused-ring (bicyclic) bond motifs is 1. The molecule has 1 aromatic heterocycles. The number of hydrogen-bond donors (Lipinski definition) is 1. The number of hydrogen-bond acceptors (Lipinski definition) is 3. The predicted octanol–water partition coefficient (Wildman–Crippen LogP) is 3.72. The van der Waals surface area contributed by atoms with Crippen molar-refractivity contribution < 1.29 is 0 Å². The van der Waals surface area contributed by atoms with E-state index in [0.29, 0.717) is 5.84 Å². The Balaban J connectivity index is 0.00000161. The maximum Gasteiger partial charge on any atom is 0.127 e. The molecule has 2 heterocycles. The van der Waals surface area contributed by atoms with Crippen LogP contribution in [0.25, 0.3) is 0 Å². The molecule has 1 unspecified atom stereocenters. The van der Waals surface area contributed by atoms with E-state index in [2.05, 4.69) is 50.0 Å². The Hall–Kier alpha value is -1.10. The van der Waals surface area contributed by atoms with Gasteiger partial charge >= 0.3 is 0 Å². The SMILES string of the molecule is C[Si](C)(C)c1cc2c(s1)CC(c1ccccc1)N=C2N.Cl. The molecule has 2 aromatic rings. The van der Waals surface area contributed by atoms with Gasteiger partial charge in [0.1, 0.15) is 5.84 Å². The quantitative estimate of drug-likeness (QED) is 0.834. The van der Waals surface area contributed by atoms with E-state index < -0.39 is 8.07 Å². The lowest BCUT2D eigenvalue weighted by Crippen LogP contribution is -2.35. The fraction of sp³-hybridized carbons (Fsp3) is 0.312. The molecule has 0 aliphatic carbocycles. The second-order valence-corrected chi connectivity index (χ2v) is 12.9. The first-order valence-electron chi connectivity index (χ1n) is 6.97. The average molecular weight is 337 g/mol. The number of rotatable bonds is 2. The third-order valence-corrected chi connectivity index (χ3v) is 8.42. The predicted molar refractivity (Wildman–Crippen MR) is 98.2 cm³/mol. The number of nitrogens with zero attached hydrogens (tertiary/aromatic N) is 1. The van der Waals surface area contributed by atoms with Crippen LogP contribution in [0, 0.1) is 0 Å². The van der Waals surface area contributed by atoms with Gasteiger partial charge in [0.05, 0.1) is 14.1 Å². The van der Waals surface area contributed by atoms with Crippen LogP contribution < -0.4 is 10.2 Å². The standard InChI is InChI=1S/C16H20N2SSi.ClH/c1-20(2,3)15-9-12-14(19-15)10-13(18-16(12)17)11-7-5-4-6-8-11;/h4-9,13H,10H2,1-3H3,(H2,17,18);1H. The molecule has 21 heavy (non-hydrogen) atoms. The zero-order valence-corrected chi connectivity index (χ0v) is 15.2. The summed E-state index contributed by atoms with van der Waals surface area (Å²) in [6.07, 6.45) is 0.981. The number of aliphatic imine (C=N–C) groups is 1. The molecule has 1 atom stereocenters. The highest BCUT2D eigenvalue weighted by atomic mass is 35.5. The van der Waals surface area contributed by atoms with Crippen LogP contribution in [0.1, 0.15) is 22.0 Å². The average Bonchev–Trinajstić information content (AvgIpc) is 2.84. The Labute approximate surface area is 137 Å². The third-order valence-electron chi connectivity index (χ3n) is 3.68. The molecule has 0 spiro atoms. The number of nitrogens with two attached hydrogens (primary N) is 1. The van der Waals surface area contributed by atoms with E-state index in [4.69, 9.17) is 10.7 Å². The van der Waals surface area contributed by atoms with Crippen molar-refractivity contribution in [1.29, 1.82) is 0 Å². The van der Waals surface area contributed by atoms with Crippen molar-refractivity contribution in [3.05, 3.63) is 52.4 Å². The van der Waals surface area contributed by atoms with E-state index in [-0.39, 0.29) is 18.4 Å². The molecule has 1 aliphatic rings. The highest BCUT2D eigenvalue weighted by Gasteiger charge is 2.27. The lowest BCUT2D eigenvalue weighted by Gasteiger charge is -2.19. The van der Waals surface area contributed by atoms with Crippen LogP contribution in [-0.4, -0.2) is 13.9 Å². The molecular formula is C16H21ClN2SSi. The molecule has 0 saturated carbocycles. The van der Waals surface area contributed by atoms with E-state index in [1.54, 1.807) is 0 Å². The van der Waals surface area contributed by atoms with Gasteiger partial charge in [-0.25, -0.2) is 0 Å². The third kappa shape index (κ3) is 3.23. The van der Waals surface area contributed by atoms with Crippen LogP contribution in [-0.2, 0) is 6.42 Å². The minimum absolute atomic E-state index is 0. The molecule has 1 aliphatic heterocycles. The minimum atomic E-state index is -1.27. The summed E-state index contributed by atoms with van der Waals surface area (Å²) in [5, 5.41) is 0. The lowest BCUT2D eigenvalue weighted by molar-refractivity contribution is 0.719. The molecule has 0 amide bonds. The van der Waals surface area contributed by atoms with Crippen molar-refractivity contribution in [2.45, 2.75) is 32.1 Å². The zero-order chi connectivity index (χ0) is 14.3. The Morgan fingerprint density at radius 3 is 2.48 bits per heavy atom. The highest BCUT2D eigenvalue weighted by Crippen LogP contribution is 2.31. The molecule has 0 radical (unpaired) electrons. The monoisotopic (exact) mass is 336 g/mol. The van der Waals surface area contributed by atoms with Crippen molar-refractivity contribution in [1.82, 2.24) is 0 Å². The summed E-state index contributed by atoms with van der Waals surface area (Å²) in [6, 6.07) is 12.9. The van der Waals surface area contributed by atoms with Crippen molar-refractivity contribution >= 4 is 42.2 Å². The summed E-state index contributed by atoms with van der Waals surface area (Å²) in [6.45, 7) is 7.14. The summed E-state index contributed by atoms with van der Waals surface area (Å²) in [4.78, 5) is 6.11. The van der Waals surface area contributed by atoms with Crippen LogP contribution in [0.4, 0.5) is 0 Å². The van der Waals surface area contributed by atoms with Gasteiger partial charge in [0.25, 0.3) is 0 Å². The lowest BCUT2D eigenvalue weighted by atomic mass is 9.99. The second kappa shape index (κ2) is 5.95. The van der Waals surface area contributed by atoms with Gasteiger partial charge in [-0.2, -0.15) is 0 Å². The largest absolute Gasteiger partial charge is 0.383 e. The fourth-order valence-electron chi connectivity index (χ4n) is 2.49. The number of halogens is 1. The van der Waals surface area contributed by atoms with Crippen molar-refractivity contribution in [2.75, 3.05) is 0 Å². The van der Waals surface area contributed by atoms with Crippen LogP contribution in [0.3, 0.4) is 0 Å². The van der Waals surface area contributed by atoms with Gasteiger partial charge < -0.3 is 5.73 Å². The van der Waals surface area contributed by atoms with Gasteiger partial charge in [-0.05, 0) is 16.1 Å². The zero-order valence-electron chi connectivity index (χ0n) is 12.6. The second-order valence-electron chi connectivity index (χ2n) is 6.34. The van der Waals surface area contributed by atoms with Crippen molar-refractivity contribution in [3.8, 4) is 0 Å². The van der Waals surface area contributed by atoms with Gasteiger partial charge in [-0.3, -0.25) is 4.99 Å². The van der Waals surface area contributed by atoms with Crippen LogP contribution in [0.2, 0.25) is 19.6 Å². The number of thiophene rings is 1. The molecule has 3 rings (SSSR count). The molecule has 2 nitrogen and oxygen atoms in total. The van der Waals surface area contributed by atoms with E-state index in [1.807, 2.05) is 17.4 Å². The molecule has 112 valence electrons. The van der Waals surface area contributed by atoms with E-state index in [0.717, 1.165) is 6.42 Å². The Morgan fingerprint density at radius 1 is 1.19 bits per heavy atom. The van der Waals surface area contributed by atoms with Crippen molar-refractivity contribution in [3.63, 3.8) is 0 Å². The first-order valence-corrected chi connectivity index (χ1v) is 11.3. The highest BCUT2D eigenvalue weighted by molar-refractivity contribution is 7.26. The van der Waals surface area contributed by atoms with Gasteiger partial charge in [0.15, 0.2) is 0 Å². The summed E-state index contributed by atoms with van der Waals surface area (Å²) in [7, 11) is -1.27. The molecule has 1 aromatic carbocycles. The van der Waals surface area contributed by atoms with E-state index in [9.17, 15) is 0 Å². The summed E-state index contributed by atoms with van der Waals surface area (Å²) < 4.78 is 1.52. The van der Waals surface area contributed by atoms with E-state index >= 15 is 0 Å². The van der Waals surface area contributed by atoms with Crippen LogP contribution >= 0.6 is 23.7 Å². The number of benzene rings is 1. The molecule has 0 fully saturated rings. The molecule has 2 N–H and O–H groups in total. The van der Waals surface area contributed by atoms with Crippen molar-refractivity contribution in [2.24, 2.45) is 10.7 Å². The minimum Gasteiger partial charge on any atom is -0.383 e. The Bertz CT molecular complexity index is 659. The van der Waals surface area contributed by atoms with Gasteiger partial charge in [0, 0.05) is 16.9 Å². The molecule has 0 bridgehead atoms. The molecule has 5 heteroatoms. The maximum atomic E-state index is 6.20. The first kappa shape index (κ1) is 16.3. The maximum absolute atomic E-state index is 6.20. The summed E-state index contributed by atoms with van der Waals surface area (Å²) >= 11 is 1.95. The van der Waals surface area contributed by atoms with Gasteiger partial charge in [-0.15, -0.1) is 23.7 Å². The Kier molecular flexibility index (Phi) is 4.61. The van der Waals surface area contributed by atoms with Crippen LogP contribution in [0.5, 0.6) is 0 Å². The fourth-order valence-corrected chi connectivity index (χ4v) is 5.62. The van der Waals surface area contributed by atoms with Gasteiger partial charge in [0.2, 0.25) is 0 Å². The number of amidine groups is 1. The van der Waals surface area contributed by atoms with Crippen LogP contribution in [0.15, 0.2) is 41.4 Å². The Morgan fingerprint density at radius 2 is 1.86 bits per heavy atom.